The molecule has 0 radical (unpaired) electrons. The van der Waals surface area contributed by atoms with Crippen LogP contribution in [-0.2, 0) is 27.7 Å². The van der Waals surface area contributed by atoms with Gasteiger partial charge in [-0.3, -0.25) is 9.78 Å². The van der Waals surface area contributed by atoms with Crippen molar-refractivity contribution in [3.63, 3.8) is 0 Å². The molecule has 1 aromatic heterocycles. The van der Waals surface area contributed by atoms with Crippen molar-refractivity contribution in [3.05, 3.63) is 59.9 Å². The number of rotatable bonds is 6. The van der Waals surface area contributed by atoms with E-state index in [9.17, 15) is 13.2 Å². The molecule has 7 heteroatoms. The lowest BCUT2D eigenvalue weighted by Gasteiger charge is -2.06. The summed E-state index contributed by atoms with van der Waals surface area (Å²) in [5.74, 6) is -0.0974. The van der Waals surface area contributed by atoms with E-state index in [0.717, 1.165) is 11.3 Å². The summed E-state index contributed by atoms with van der Waals surface area (Å²) in [5, 5.41) is 7.83. The Morgan fingerprint density at radius 3 is 2.45 bits per heavy atom. The number of primary sulfonamides is 1. The molecule has 6 nitrogen and oxygen atoms in total. The van der Waals surface area contributed by atoms with Crippen LogP contribution < -0.4 is 10.5 Å². The Morgan fingerprint density at radius 1 is 1.14 bits per heavy atom. The normalized spacial score (nSPS) is 11.1. The Labute approximate surface area is 129 Å². The first-order valence-electron chi connectivity index (χ1n) is 6.73. The van der Waals surface area contributed by atoms with Gasteiger partial charge in [0.2, 0.25) is 15.9 Å². The van der Waals surface area contributed by atoms with Crippen LogP contribution in [0.1, 0.15) is 11.3 Å². The van der Waals surface area contributed by atoms with Crippen molar-refractivity contribution >= 4 is 15.9 Å². The summed E-state index contributed by atoms with van der Waals surface area (Å²) >= 11 is 0. The zero-order chi connectivity index (χ0) is 16.0. The van der Waals surface area contributed by atoms with Crippen molar-refractivity contribution in [3.8, 4) is 0 Å². The molecule has 0 aliphatic rings. The monoisotopic (exact) mass is 319 g/mol. The Balaban J connectivity index is 1.80. The first-order valence-corrected chi connectivity index (χ1v) is 8.28. The van der Waals surface area contributed by atoms with E-state index < -0.39 is 10.0 Å². The average molecular weight is 319 g/mol. The summed E-state index contributed by atoms with van der Waals surface area (Å²) in [6.07, 6.45) is 2.50. The van der Waals surface area contributed by atoms with Crippen molar-refractivity contribution in [2.45, 2.75) is 17.7 Å². The van der Waals surface area contributed by atoms with E-state index >= 15 is 0 Å². The Bertz CT molecular complexity index is 728. The van der Waals surface area contributed by atoms with Gasteiger partial charge < -0.3 is 5.32 Å². The van der Waals surface area contributed by atoms with Crippen LogP contribution in [0.5, 0.6) is 0 Å². The molecule has 0 spiro atoms. The maximum absolute atomic E-state index is 11.7. The lowest BCUT2D eigenvalue weighted by atomic mass is 10.1. The highest BCUT2D eigenvalue weighted by Crippen LogP contribution is 2.08. The first-order chi connectivity index (χ1) is 10.4. The van der Waals surface area contributed by atoms with Gasteiger partial charge in [-0.15, -0.1) is 0 Å². The van der Waals surface area contributed by atoms with E-state index in [1.807, 2.05) is 6.07 Å². The number of benzene rings is 1. The van der Waals surface area contributed by atoms with Crippen molar-refractivity contribution in [1.82, 2.24) is 10.3 Å². The number of sulfonamides is 1. The van der Waals surface area contributed by atoms with Crippen LogP contribution in [0.25, 0.3) is 0 Å². The van der Waals surface area contributed by atoms with Gasteiger partial charge in [0.15, 0.2) is 0 Å². The molecule has 22 heavy (non-hydrogen) atoms. The number of nitrogens with zero attached hydrogens (tertiary/aromatic N) is 1. The fourth-order valence-corrected chi connectivity index (χ4v) is 2.44. The maximum atomic E-state index is 11.7. The Kier molecular flexibility index (Phi) is 5.24. The van der Waals surface area contributed by atoms with E-state index in [0.29, 0.717) is 13.0 Å². The summed E-state index contributed by atoms with van der Waals surface area (Å²) in [6.45, 7) is 0.473. The van der Waals surface area contributed by atoms with E-state index in [1.54, 1.807) is 30.5 Å². The quantitative estimate of drug-likeness (QED) is 0.815. The zero-order valence-electron chi connectivity index (χ0n) is 11.9. The summed E-state index contributed by atoms with van der Waals surface area (Å²) in [4.78, 5) is 15.9. The smallest absolute Gasteiger partial charge is 0.238 e. The number of nitrogens with two attached hydrogens (primary N) is 1. The molecule has 1 amide bonds. The molecule has 2 aromatic rings. The molecule has 116 valence electrons. The molecule has 0 aliphatic carbocycles. The van der Waals surface area contributed by atoms with Crippen LogP contribution in [0.2, 0.25) is 0 Å². The van der Waals surface area contributed by atoms with Gasteiger partial charge in [-0.05, 0) is 36.2 Å². The molecule has 0 saturated carbocycles. The van der Waals surface area contributed by atoms with E-state index in [2.05, 4.69) is 10.3 Å². The third kappa shape index (κ3) is 4.94. The zero-order valence-corrected chi connectivity index (χ0v) is 12.7. The molecule has 0 bridgehead atoms. The van der Waals surface area contributed by atoms with Crippen molar-refractivity contribution in [1.29, 1.82) is 0 Å². The minimum atomic E-state index is -3.66. The lowest BCUT2D eigenvalue weighted by Crippen LogP contribution is -2.27. The van der Waals surface area contributed by atoms with Gasteiger partial charge in [-0.25, -0.2) is 13.6 Å². The third-order valence-electron chi connectivity index (χ3n) is 3.06. The average Bonchev–Trinajstić information content (AvgIpc) is 2.48. The number of carbonyl (C=O) groups is 1. The highest BCUT2D eigenvalue weighted by Gasteiger charge is 2.07. The van der Waals surface area contributed by atoms with Crippen molar-refractivity contribution in [2.24, 2.45) is 5.14 Å². The molecule has 0 fully saturated rings. The fourth-order valence-electron chi connectivity index (χ4n) is 1.92. The summed E-state index contributed by atoms with van der Waals surface area (Å²) < 4.78 is 22.3. The molecular formula is C15H17N3O3S. The standard InChI is InChI=1S/C15H17N3O3S/c16-22(20,21)14-6-4-12(5-7-14)8-10-18-15(19)11-13-3-1-2-9-17-13/h1-7,9H,8,10-11H2,(H,18,19)(H2,16,20,21). The number of amides is 1. The number of nitrogens with one attached hydrogen (secondary N) is 1. The van der Waals surface area contributed by atoms with Gasteiger partial charge in [0.25, 0.3) is 0 Å². The van der Waals surface area contributed by atoms with Crippen LogP contribution >= 0.6 is 0 Å². The topological polar surface area (TPSA) is 102 Å². The lowest BCUT2D eigenvalue weighted by molar-refractivity contribution is -0.120. The summed E-state index contributed by atoms with van der Waals surface area (Å²) in [7, 11) is -3.66. The maximum Gasteiger partial charge on any atom is 0.238 e. The molecule has 3 N–H and O–H groups in total. The second kappa shape index (κ2) is 7.15. The molecule has 0 atom stereocenters. The minimum Gasteiger partial charge on any atom is -0.355 e. The highest BCUT2D eigenvalue weighted by atomic mass is 32.2. The molecule has 2 rings (SSSR count). The second-order valence-electron chi connectivity index (χ2n) is 4.79. The molecule has 1 heterocycles. The largest absolute Gasteiger partial charge is 0.355 e. The highest BCUT2D eigenvalue weighted by molar-refractivity contribution is 7.89. The fraction of sp³-hybridized carbons (Fsp3) is 0.200. The van der Waals surface area contributed by atoms with Crippen molar-refractivity contribution in [2.75, 3.05) is 6.54 Å². The molecule has 0 unspecified atom stereocenters. The SMILES string of the molecule is NS(=O)(=O)c1ccc(CCNC(=O)Cc2ccccn2)cc1. The predicted octanol–water partition coefficient (Wildman–Crippen LogP) is 0.630. The van der Waals surface area contributed by atoms with Crippen LogP contribution in [0.3, 0.4) is 0 Å². The van der Waals surface area contributed by atoms with Gasteiger partial charge in [-0.1, -0.05) is 18.2 Å². The molecule has 0 aliphatic heterocycles. The van der Waals surface area contributed by atoms with Crippen LogP contribution in [-0.4, -0.2) is 25.9 Å². The number of hydrogen-bond acceptors (Lipinski definition) is 4. The second-order valence-corrected chi connectivity index (χ2v) is 6.35. The summed E-state index contributed by atoms with van der Waals surface area (Å²) in [6, 6.07) is 11.7. The van der Waals surface area contributed by atoms with Crippen LogP contribution in [0.15, 0.2) is 53.6 Å². The van der Waals surface area contributed by atoms with E-state index in [1.165, 1.54) is 12.1 Å². The van der Waals surface area contributed by atoms with Gasteiger partial charge in [-0.2, -0.15) is 0 Å². The Hall–Kier alpha value is -2.25. The van der Waals surface area contributed by atoms with Gasteiger partial charge in [0.05, 0.1) is 11.3 Å². The van der Waals surface area contributed by atoms with Gasteiger partial charge >= 0.3 is 0 Å². The van der Waals surface area contributed by atoms with Crippen LogP contribution in [0, 0.1) is 0 Å². The Morgan fingerprint density at radius 2 is 1.86 bits per heavy atom. The third-order valence-corrected chi connectivity index (χ3v) is 3.98. The van der Waals surface area contributed by atoms with Gasteiger partial charge in [0.1, 0.15) is 0 Å². The van der Waals surface area contributed by atoms with Crippen LogP contribution in [0.4, 0.5) is 0 Å². The minimum absolute atomic E-state index is 0.0791. The number of hydrogen-bond donors (Lipinski definition) is 2. The van der Waals surface area contributed by atoms with Crippen molar-refractivity contribution < 1.29 is 13.2 Å². The molecule has 1 aromatic carbocycles. The molecule has 0 saturated heterocycles. The van der Waals surface area contributed by atoms with E-state index in [4.69, 9.17) is 5.14 Å². The summed E-state index contributed by atoms with van der Waals surface area (Å²) in [5.41, 5.74) is 1.64. The number of carbonyl (C=O) groups excluding carboxylic acids is 1. The molecular weight excluding hydrogens is 302 g/mol. The predicted molar refractivity (Wildman–Crippen MR) is 82.5 cm³/mol. The first kappa shape index (κ1) is 16.1. The van der Waals surface area contributed by atoms with E-state index in [-0.39, 0.29) is 17.2 Å². The number of aromatic nitrogens is 1. The van der Waals surface area contributed by atoms with Gasteiger partial charge in [0, 0.05) is 18.4 Å². The number of pyridine rings is 1.